The van der Waals surface area contributed by atoms with Crippen LogP contribution in [0, 0.1) is 0 Å². The molecule has 1 aromatic carbocycles. The number of para-hydroxylation sites is 1. The summed E-state index contributed by atoms with van der Waals surface area (Å²) in [5.41, 5.74) is 0.763. The van der Waals surface area contributed by atoms with Crippen LogP contribution in [0.3, 0.4) is 0 Å². The van der Waals surface area contributed by atoms with E-state index in [2.05, 4.69) is 13.8 Å². The molecule has 0 aliphatic carbocycles. The van der Waals surface area contributed by atoms with Crippen molar-refractivity contribution in [1.82, 2.24) is 0 Å². The van der Waals surface area contributed by atoms with Gasteiger partial charge in [-0.15, -0.1) is 11.8 Å². The molecule has 1 unspecified atom stereocenters. The lowest BCUT2D eigenvalue weighted by Gasteiger charge is -2.20. The normalized spacial score (nSPS) is 19.9. The van der Waals surface area contributed by atoms with Crippen LogP contribution in [0.25, 0.3) is 0 Å². The van der Waals surface area contributed by atoms with E-state index in [-0.39, 0.29) is 18.9 Å². The third-order valence-electron chi connectivity index (χ3n) is 3.01. The molecule has 7 heteroatoms. The average Bonchev–Trinajstić information content (AvgIpc) is 2.71. The lowest BCUT2D eigenvalue weighted by molar-refractivity contribution is -0.117. The number of nitrogens with zero attached hydrogens (tertiary/aromatic N) is 1. The lowest BCUT2D eigenvalue weighted by Crippen LogP contribution is -2.27. The van der Waals surface area contributed by atoms with Gasteiger partial charge in [-0.3, -0.25) is 4.79 Å². The second-order valence-electron chi connectivity index (χ2n) is 4.94. The Bertz CT molecular complexity index is 616. The molecule has 0 radical (unpaired) electrons. The molecule has 0 aromatic heterocycles. The van der Waals surface area contributed by atoms with Crippen molar-refractivity contribution in [3.05, 3.63) is 24.3 Å². The second kappa shape index (κ2) is 5.95. The van der Waals surface area contributed by atoms with E-state index in [0.29, 0.717) is 5.25 Å². The lowest BCUT2D eigenvalue weighted by atomic mass is 10.3. The van der Waals surface area contributed by atoms with E-state index in [1.165, 1.54) is 4.90 Å². The summed E-state index contributed by atoms with van der Waals surface area (Å²) in [5.74, 6) is -0.198. The van der Waals surface area contributed by atoms with Gasteiger partial charge in [-0.2, -0.15) is 0 Å². The van der Waals surface area contributed by atoms with Crippen LogP contribution in [0.1, 0.15) is 20.3 Å². The largest absolute Gasteiger partial charge is 0.310 e. The summed E-state index contributed by atoms with van der Waals surface area (Å²) in [6.07, 6.45) is -0.0491. The first-order chi connectivity index (χ1) is 9.29. The van der Waals surface area contributed by atoms with Gasteiger partial charge in [0.15, 0.2) is 0 Å². The molecule has 20 heavy (non-hydrogen) atoms. The van der Waals surface area contributed by atoms with Crippen molar-refractivity contribution in [1.29, 1.82) is 0 Å². The Balaban J connectivity index is 2.31. The monoisotopic (exact) mass is 333 g/mol. The number of carbonyl (C=O) groups excluding carboxylic acids is 1. The highest BCUT2D eigenvalue weighted by molar-refractivity contribution is 8.14. The van der Waals surface area contributed by atoms with Crippen LogP contribution in [0.5, 0.6) is 0 Å². The van der Waals surface area contributed by atoms with Crippen LogP contribution in [-0.2, 0) is 13.8 Å². The molecule has 0 spiro atoms. The molecule has 0 N–H and O–H groups in total. The maximum atomic E-state index is 12.1. The van der Waals surface area contributed by atoms with Crippen LogP contribution < -0.4 is 4.90 Å². The van der Waals surface area contributed by atoms with Crippen LogP contribution >= 0.6 is 22.4 Å². The van der Waals surface area contributed by atoms with E-state index >= 15 is 0 Å². The van der Waals surface area contributed by atoms with Crippen LogP contribution in [-0.4, -0.2) is 31.4 Å². The predicted molar refractivity (Wildman–Crippen MR) is 83.0 cm³/mol. The van der Waals surface area contributed by atoms with Crippen molar-refractivity contribution in [2.24, 2.45) is 0 Å². The number of hydrogen-bond donors (Lipinski definition) is 0. The van der Waals surface area contributed by atoms with Crippen LogP contribution in [0.4, 0.5) is 5.69 Å². The first-order valence-electron chi connectivity index (χ1n) is 6.28. The van der Waals surface area contributed by atoms with Crippen molar-refractivity contribution in [3.8, 4) is 0 Å². The van der Waals surface area contributed by atoms with Crippen molar-refractivity contribution in [3.63, 3.8) is 0 Å². The van der Waals surface area contributed by atoms with Crippen LogP contribution in [0.2, 0.25) is 0 Å². The molecule has 1 saturated heterocycles. The van der Waals surface area contributed by atoms with E-state index < -0.39 is 14.3 Å². The number of carbonyl (C=O) groups is 1. The Morgan fingerprint density at radius 2 is 2.00 bits per heavy atom. The van der Waals surface area contributed by atoms with Gasteiger partial charge >= 0.3 is 0 Å². The molecule has 1 fully saturated rings. The third-order valence-corrected chi connectivity index (χ3v) is 5.94. The smallest absolute Gasteiger partial charge is 0.237 e. The molecule has 1 aromatic rings. The van der Waals surface area contributed by atoms with E-state index in [0.717, 1.165) is 10.6 Å². The summed E-state index contributed by atoms with van der Waals surface area (Å²) in [6, 6.07) is 7.53. The molecule has 1 atom stereocenters. The summed E-state index contributed by atoms with van der Waals surface area (Å²) >= 11 is 1.65. The number of thioether (sulfide) groups is 1. The zero-order chi connectivity index (χ0) is 14.9. The zero-order valence-corrected chi connectivity index (χ0v) is 13.6. The van der Waals surface area contributed by atoms with Gasteiger partial charge in [-0.05, 0) is 12.1 Å². The van der Waals surface area contributed by atoms with E-state index in [9.17, 15) is 13.2 Å². The van der Waals surface area contributed by atoms with Crippen molar-refractivity contribution in [2.75, 3.05) is 11.4 Å². The summed E-state index contributed by atoms with van der Waals surface area (Å²) in [7, 11) is 1.66. The summed E-state index contributed by atoms with van der Waals surface area (Å²) < 4.78 is 22.8. The molecule has 1 heterocycles. The number of benzene rings is 1. The molecule has 4 nitrogen and oxygen atoms in total. The van der Waals surface area contributed by atoms with Gasteiger partial charge in [0.2, 0.25) is 15.0 Å². The quantitative estimate of drug-likeness (QED) is 0.628. The predicted octanol–water partition coefficient (Wildman–Crippen LogP) is 2.86. The molecule has 1 amide bonds. The van der Waals surface area contributed by atoms with Gasteiger partial charge in [0.05, 0.1) is 5.69 Å². The van der Waals surface area contributed by atoms with Crippen LogP contribution in [0.15, 0.2) is 29.2 Å². The van der Waals surface area contributed by atoms with E-state index in [4.69, 9.17) is 10.7 Å². The van der Waals surface area contributed by atoms with Gasteiger partial charge in [0.25, 0.3) is 0 Å². The standard InChI is InChI=1S/C13H16ClNO3S2/c1-9(2)19-12-6-4-3-5-11(12)15-8-10(7-13(15)16)20(14,17)18/h3-6,9-10H,7-8H2,1-2H3. The molecule has 110 valence electrons. The average molecular weight is 334 g/mol. The number of rotatable bonds is 4. The third kappa shape index (κ3) is 3.48. The molecular formula is C13H16ClNO3S2. The Kier molecular flexibility index (Phi) is 4.66. The van der Waals surface area contributed by atoms with Crippen molar-refractivity contribution >= 4 is 43.1 Å². The fourth-order valence-corrected chi connectivity index (χ4v) is 4.12. The van der Waals surface area contributed by atoms with E-state index in [1.807, 2.05) is 24.3 Å². The minimum Gasteiger partial charge on any atom is -0.310 e. The molecule has 2 rings (SSSR count). The zero-order valence-electron chi connectivity index (χ0n) is 11.2. The number of hydrogen-bond acceptors (Lipinski definition) is 4. The topological polar surface area (TPSA) is 54.5 Å². The molecular weight excluding hydrogens is 318 g/mol. The highest BCUT2D eigenvalue weighted by Gasteiger charge is 2.38. The fraction of sp³-hybridized carbons (Fsp3) is 0.462. The highest BCUT2D eigenvalue weighted by Crippen LogP contribution is 2.35. The maximum absolute atomic E-state index is 12.1. The Morgan fingerprint density at radius 1 is 1.35 bits per heavy atom. The van der Waals surface area contributed by atoms with Gasteiger partial charge in [0, 0.05) is 33.8 Å². The molecule has 0 saturated carbocycles. The molecule has 1 aliphatic heterocycles. The fourth-order valence-electron chi connectivity index (χ4n) is 2.13. The number of halogens is 1. The SMILES string of the molecule is CC(C)Sc1ccccc1N1CC(S(=O)(=O)Cl)CC1=O. The maximum Gasteiger partial charge on any atom is 0.237 e. The Labute approximate surface area is 127 Å². The minimum absolute atomic E-state index is 0.0491. The van der Waals surface area contributed by atoms with Gasteiger partial charge in [-0.1, -0.05) is 26.0 Å². The van der Waals surface area contributed by atoms with E-state index in [1.54, 1.807) is 11.8 Å². The molecule has 1 aliphatic rings. The highest BCUT2D eigenvalue weighted by atomic mass is 35.7. The summed E-state index contributed by atoms with van der Waals surface area (Å²) in [4.78, 5) is 14.6. The van der Waals surface area contributed by atoms with Gasteiger partial charge in [0.1, 0.15) is 5.25 Å². The second-order valence-corrected chi connectivity index (χ2v) is 9.47. The number of amides is 1. The van der Waals surface area contributed by atoms with Gasteiger partial charge < -0.3 is 4.90 Å². The first-order valence-corrected chi connectivity index (χ1v) is 9.53. The minimum atomic E-state index is -3.71. The van der Waals surface area contributed by atoms with Crippen molar-refractivity contribution in [2.45, 2.75) is 35.7 Å². The Morgan fingerprint density at radius 3 is 2.55 bits per heavy atom. The Hall–Kier alpha value is -0.720. The van der Waals surface area contributed by atoms with Crippen molar-refractivity contribution < 1.29 is 13.2 Å². The summed E-state index contributed by atoms with van der Waals surface area (Å²) in [5, 5.41) is -0.449. The number of anilines is 1. The molecule has 0 bridgehead atoms. The first kappa shape index (κ1) is 15.7. The van der Waals surface area contributed by atoms with Gasteiger partial charge in [-0.25, -0.2) is 8.42 Å². The summed E-state index contributed by atoms with van der Waals surface area (Å²) in [6.45, 7) is 4.26.